The molecule has 6 nitrogen and oxygen atoms in total. The van der Waals surface area contributed by atoms with E-state index in [1.165, 1.54) is 0 Å². The number of nitrogens with zero attached hydrogens (tertiary/aromatic N) is 3. The van der Waals surface area contributed by atoms with Crippen LogP contribution in [0.15, 0.2) is 4.52 Å². The zero-order valence-corrected chi connectivity index (χ0v) is 11.1. The predicted molar refractivity (Wildman–Crippen MR) is 65.2 cm³/mol. The summed E-state index contributed by atoms with van der Waals surface area (Å²) < 4.78 is 10.3. The first kappa shape index (κ1) is 12.9. The molecule has 2 rings (SSSR count). The van der Waals surface area contributed by atoms with E-state index < -0.39 is 0 Å². The van der Waals surface area contributed by atoms with Crippen LogP contribution >= 0.6 is 0 Å². The molecule has 0 N–H and O–H groups in total. The number of aryl methyl sites for hydroxylation is 2. The molecule has 0 saturated carbocycles. The van der Waals surface area contributed by atoms with Gasteiger partial charge in [-0.25, -0.2) is 4.79 Å². The summed E-state index contributed by atoms with van der Waals surface area (Å²) in [7, 11) is 1.80. The molecular formula is C12H19N3O3. The summed E-state index contributed by atoms with van der Waals surface area (Å²) in [6.07, 6.45) is 0. The number of carbonyl (C=O) groups is 1. The zero-order chi connectivity index (χ0) is 13.1. The summed E-state index contributed by atoms with van der Waals surface area (Å²) in [5.74, 6) is 0.772. The fourth-order valence-corrected chi connectivity index (χ4v) is 2.03. The fourth-order valence-electron chi connectivity index (χ4n) is 2.03. The summed E-state index contributed by atoms with van der Waals surface area (Å²) in [6.45, 7) is 6.82. The minimum absolute atomic E-state index is 0.0262. The van der Waals surface area contributed by atoms with Crippen LogP contribution < -0.4 is 0 Å². The van der Waals surface area contributed by atoms with Gasteiger partial charge in [0, 0.05) is 25.7 Å². The number of morpholine rings is 1. The minimum Gasteiger partial charge on any atom is -0.378 e. The van der Waals surface area contributed by atoms with Crippen molar-refractivity contribution < 1.29 is 14.1 Å². The molecule has 6 heteroatoms. The van der Waals surface area contributed by atoms with Gasteiger partial charge in [0.05, 0.1) is 25.5 Å². The van der Waals surface area contributed by atoms with Crippen molar-refractivity contribution in [2.24, 2.45) is 0 Å². The van der Waals surface area contributed by atoms with Crippen molar-refractivity contribution in [3.8, 4) is 0 Å². The van der Waals surface area contributed by atoms with Crippen molar-refractivity contribution in [1.82, 2.24) is 15.0 Å². The molecule has 1 fully saturated rings. The normalized spacial score (nSPS) is 15.8. The van der Waals surface area contributed by atoms with Crippen molar-refractivity contribution in [3.63, 3.8) is 0 Å². The Hall–Kier alpha value is -1.56. The lowest BCUT2D eigenvalue weighted by Gasteiger charge is -2.31. The highest BCUT2D eigenvalue weighted by Gasteiger charge is 2.22. The topological polar surface area (TPSA) is 58.8 Å². The molecule has 1 aliphatic rings. The van der Waals surface area contributed by atoms with Gasteiger partial charge in [0.2, 0.25) is 0 Å². The van der Waals surface area contributed by atoms with E-state index in [4.69, 9.17) is 9.26 Å². The lowest BCUT2D eigenvalue weighted by atomic mass is 10.2. The van der Waals surface area contributed by atoms with Gasteiger partial charge in [0.25, 0.3) is 0 Å². The summed E-state index contributed by atoms with van der Waals surface area (Å²) >= 11 is 0. The molecule has 1 aliphatic heterocycles. The smallest absolute Gasteiger partial charge is 0.320 e. The number of urea groups is 1. The van der Waals surface area contributed by atoms with Gasteiger partial charge in [-0.2, -0.15) is 0 Å². The quantitative estimate of drug-likeness (QED) is 0.794. The van der Waals surface area contributed by atoms with E-state index in [-0.39, 0.29) is 6.03 Å². The van der Waals surface area contributed by atoms with E-state index in [1.807, 2.05) is 18.7 Å². The number of hydrogen-bond donors (Lipinski definition) is 0. The molecule has 18 heavy (non-hydrogen) atoms. The minimum atomic E-state index is 0.0262. The highest BCUT2D eigenvalue weighted by atomic mass is 16.5. The Kier molecular flexibility index (Phi) is 3.86. The molecule has 0 bridgehead atoms. The Balaban J connectivity index is 1.98. The summed E-state index contributed by atoms with van der Waals surface area (Å²) in [6, 6.07) is 0.0262. The van der Waals surface area contributed by atoms with Gasteiger partial charge in [0.1, 0.15) is 5.76 Å². The monoisotopic (exact) mass is 253 g/mol. The Morgan fingerprint density at radius 2 is 2.06 bits per heavy atom. The maximum Gasteiger partial charge on any atom is 0.320 e. The molecule has 0 aromatic carbocycles. The van der Waals surface area contributed by atoms with Crippen LogP contribution in [0.5, 0.6) is 0 Å². The molecule has 0 unspecified atom stereocenters. The maximum absolute atomic E-state index is 12.2. The van der Waals surface area contributed by atoms with Gasteiger partial charge < -0.3 is 19.1 Å². The maximum atomic E-state index is 12.2. The largest absolute Gasteiger partial charge is 0.378 e. The van der Waals surface area contributed by atoms with Crippen LogP contribution in [-0.4, -0.2) is 54.3 Å². The average molecular weight is 253 g/mol. The molecule has 0 radical (unpaired) electrons. The van der Waals surface area contributed by atoms with Crippen LogP contribution in [0.25, 0.3) is 0 Å². The number of hydrogen-bond acceptors (Lipinski definition) is 4. The Labute approximate surface area is 106 Å². The zero-order valence-electron chi connectivity index (χ0n) is 11.1. The van der Waals surface area contributed by atoms with E-state index >= 15 is 0 Å². The third-order valence-corrected chi connectivity index (χ3v) is 3.18. The Bertz CT molecular complexity index is 405. The highest BCUT2D eigenvalue weighted by molar-refractivity contribution is 5.74. The molecule has 0 atom stereocenters. The van der Waals surface area contributed by atoms with Crippen LogP contribution in [0.3, 0.4) is 0 Å². The molecule has 1 aromatic rings. The number of rotatable bonds is 2. The first-order chi connectivity index (χ1) is 8.59. The second-order valence-electron chi connectivity index (χ2n) is 4.54. The molecule has 0 spiro atoms. The van der Waals surface area contributed by atoms with Gasteiger partial charge in [-0.1, -0.05) is 5.16 Å². The standard InChI is InChI=1S/C12H19N3O3/c1-9-11(10(2)18-13-9)8-14(3)12(16)15-4-6-17-7-5-15/h4-8H2,1-3H3. The predicted octanol–water partition coefficient (Wildman–Crippen LogP) is 1.18. The second kappa shape index (κ2) is 5.39. The molecule has 0 aliphatic carbocycles. The third kappa shape index (κ3) is 2.64. The highest BCUT2D eigenvalue weighted by Crippen LogP contribution is 2.15. The molecular weight excluding hydrogens is 234 g/mol. The first-order valence-corrected chi connectivity index (χ1v) is 6.09. The number of amides is 2. The van der Waals surface area contributed by atoms with Crippen molar-refractivity contribution in [3.05, 3.63) is 17.0 Å². The van der Waals surface area contributed by atoms with Crippen LogP contribution in [0.2, 0.25) is 0 Å². The van der Waals surface area contributed by atoms with Gasteiger partial charge >= 0.3 is 6.03 Å². The lowest BCUT2D eigenvalue weighted by Crippen LogP contribution is -2.46. The third-order valence-electron chi connectivity index (χ3n) is 3.18. The average Bonchev–Trinajstić information content (AvgIpc) is 2.70. The van der Waals surface area contributed by atoms with Gasteiger partial charge in [-0.05, 0) is 13.8 Å². The molecule has 100 valence electrons. The summed E-state index contributed by atoms with van der Waals surface area (Å²) in [5.41, 5.74) is 1.83. The van der Waals surface area contributed by atoms with Crippen molar-refractivity contribution in [2.75, 3.05) is 33.4 Å². The molecule has 2 amide bonds. The van der Waals surface area contributed by atoms with Crippen LogP contribution in [0, 0.1) is 13.8 Å². The van der Waals surface area contributed by atoms with E-state index in [0.29, 0.717) is 32.8 Å². The SMILES string of the molecule is Cc1noc(C)c1CN(C)C(=O)N1CCOCC1. The van der Waals surface area contributed by atoms with Crippen LogP contribution in [-0.2, 0) is 11.3 Å². The molecule has 1 aromatic heterocycles. The fraction of sp³-hybridized carbons (Fsp3) is 0.667. The number of aromatic nitrogens is 1. The van der Waals surface area contributed by atoms with E-state index in [0.717, 1.165) is 17.0 Å². The van der Waals surface area contributed by atoms with Crippen LogP contribution in [0.4, 0.5) is 4.79 Å². The Morgan fingerprint density at radius 3 is 2.61 bits per heavy atom. The van der Waals surface area contributed by atoms with Crippen molar-refractivity contribution >= 4 is 6.03 Å². The lowest BCUT2D eigenvalue weighted by molar-refractivity contribution is 0.0447. The second-order valence-corrected chi connectivity index (χ2v) is 4.54. The number of carbonyl (C=O) groups excluding carboxylic acids is 1. The summed E-state index contributed by atoms with van der Waals surface area (Å²) in [5, 5.41) is 3.89. The molecule has 2 heterocycles. The van der Waals surface area contributed by atoms with E-state index in [9.17, 15) is 4.79 Å². The molecule has 1 saturated heterocycles. The Morgan fingerprint density at radius 1 is 1.39 bits per heavy atom. The summed E-state index contributed by atoms with van der Waals surface area (Å²) in [4.78, 5) is 15.7. The van der Waals surface area contributed by atoms with Crippen molar-refractivity contribution in [2.45, 2.75) is 20.4 Å². The first-order valence-electron chi connectivity index (χ1n) is 6.09. The van der Waals surface area contributed by atoms with E-state index in [2.05, 4.69) is 5.16 Å². The van der Waals surface area contributed by atoms with Crippen LogP contribution in [0.1, 0.15) is 17.0 Å². The van der Waals surface area contributed by atoms with E-state index in [1.54, 1.807) is 11.9 Å². The van der Waals surface area contributed by atoms with Gasteiger partial charge in [0.15, 0.2) is 0 Å². The van der Waals surface area contributed by atoms with Gasteiger partial charge in [-0.15, -0.1) is 0 Å². The number of ether oxygens (including phenoxy) is 1. The van der Waals surface area contributed by atoms with Gasteiger partial charge in [-0.3, -0.25) is 0 Å². The van der Waals surface area contributed by atoms with Crippen molar-refractivity contribution in [1.29, 1.82) is 0 Å².